The van der Waals surface area contributed by atoms with Crippen LogP contribution in [0.3, 0.4) is 0 Å². The quantitative estimate of drug-likeness (QED) is 0.377. The molecule has 0 radical (unpaired) electrons. The van der Waals surface area contributed by atoms with Crippen LogP contribution in [-0.2, 0) is 11.3 Å². The maximum Gasteiger partial charge on any atom is 0.191 e. The molecule has 0 saturated carbocycles. The minimum atomic E-state index is 0. The van der Waals surface area contributed by atoms with Crippen LogP contribution in [0.1, 0.15) is 40.3 Å². The molecular weight excluding hydrogens is 441 g/mol. The highest BCUT2D eigenvalue weighted by Gasteiger charge is 2.33. The smallest absolute Gasteiger partial charge is 0.191 e. The van der Waals surface area contributed by atoms with Gasteiger partial charge >= 0.3 is 0 Å². The molecule has 1 fully saturated rings. The number of hydrogen-bond donors (Lipinski definition) is 2. The molecule has 1 aliphatic heterocycles. The van der Waals surface area contributed by atoms with Crippen LogP contribution in [0, 0.1) is 0 Å². The van der Waals surface area contributed by atoms with Crippen molar-refractivity contribution in [3.8, 4) is 0 Å². The number of morpholine rings is 1. The summed E-state index contributed by atoms with van der Waals surface area (Å²) in [6.45, 7) is 15.0. The van der Waals surface area contributed by atoms with E-state index in [1.165, 1.54) is 0 Å². The van der Waals surface area contributed by atoms with Crippen molar-refractivity contribution in [3.63, 3.8) is 0 Å². The lowest BCUT2D eigenvalue weighted by Crippen LogP contribution is -2.59. The normalized spacial score (nSPS) is 21.8. The molecule has 7 heteroatoms. The number of guanidine groups is 1. The molecule has 2 heterocycles. The Bertz CT molecular complexity index is 542. The fourth-order valence-electron chi connectivity index (χ4n) is 3.08. The first kappa shape index (κ1) is 23.1. The number of aromatic nitrogens is 1. The first-order valence-electron chi connectivity index (χ1n) is 9.23. The molecule has 2 unspecified atom stereocenters. The van der Waals surface area contributed by atoms with Gasteiger partial charge in [-0.3, -0.25) is 9.88 Å². The first-order chi connectivity index (χ1) is 11.9. The van der Waals surface area contributed by atoms with Gasteiger partial charge in [0.05, 0.1) is 24.4 Å². The summed E-state index contributed by atoms with van der Waals surface area (Å²) in [5.74, 6) is 0.829. The van der Waals surface area contributed by atoms with Gasteiger partial charge in [-0.2, -0.15) is 0 Å². The standard InChI is InChI=1S/C19H33N5O.HI/c1-6-20-18(22-11-17-9-7-8-10-21-17)23-14-19(4,5)24-12-15(2)25-16(3)13-24;/h7-10,15-16H,6,11-14H2,1-5H3,(H2,20,22,23);1H. The van der Waals surface area contributed by atoms with E-state index in [-0.39, 0.29) is 41.7 Å². The van der Waals surface area contributed by atoms with Crippen LogP contribution < -0.4 is 10.6 Å². The topological polar surface area (TPSA) is 61.8 Å². The van der Waals surface area contributed by atoms with Gasteiger partial charge in [0.2, 0.25) is 0 Å². The number of ether oxygens (including phenoxy) is 1. The van der Waals surface area contributed by atoms with Crippen molar-refractivity contribution in [1.82, 2.24) is 20.5 Å². The number of nitrogens with one attached hydrogen (secondary N) is 2. The maximum absolute atomic E-state index is 5.86. The van der Waals surface area contributed by atoms with E-state index in [0.29, 0.717) is 6.54 Å². The molecule has 148 valence electrons. The molecule has 0 aromatic carbocycles. The number of aliphatic imine (C=N–C) groups is 1. The Balaban J connectivity index is 0.00000338. The molecular formula is C19H34IN5O. The molecule has 1 saturated heterocycles. The van der Waals surface area contributed by atoms with Crippen LogP contribution in [0.4, 0.5) is 0 Å². The lowest BCUT2D eigenvalue weighted by atomic mass is 10.00. The zero-order valence-electron chi connectivity index (χ0n) is 16.7. The monoisotopic (exact) mass is 475 g/mol. The fraction of sp³-hybridized carbons (Fsp3) is 0.684. The summed E-state index contributed by atoms with van der Waals surface area (Å²) >= 11 is 0. The summed E-state index contributed by atoms with van der Waals surface area (Å²) in [4.78, 5) is 11.5. The summed E-state index contributed by atoms with van der Waals surface area (Å²) in [6, 6.07) is 5.90. The van der Waals surface area contributed by atoms with Crippen molar-refractivity contribution in [2.24, 2.45) is 4.99 Å². The molecule has 26 heavy (non-hydrogen) atoms. The average Bonchev–Trinajstić information content (AvgIpc) is 2.57. The Labute approximate surface area is 175 Å². The molecule has 2 N–H and O–H groups in total. The Morgan fingerprint density at radius 2 is 1.96 bits per heavy atom. The Kier molecular flexibility index (Phi) is 9.81. The van der Waals surface area contributed by atoms with Crippen molar-refractivity contribution < 1.29 is 4.74 Å². The molecule has 0 amide bonds. The predicted octanol–water partition coefficient (Wildman–Crippen LogP) is 2.64. The molecule has 0 aliphatic carbocycles. The molecule has 1 aromatic rings. The highest BCUT2D eigenvalue weighted by atomic mass is 127. The third-order valence-electron chi connectivity index (χ3n) is 4.43. The third kappa shape index (κ3) is 7.36. The van der Waals surface area contributed by atoms with E-state index in [9.17, 15) is 0 Å². The van der Waals surface area contributed by atoms with E-state index in [0.717, 1.165) is 37.8 Å². The van der Waals surface area contributed by atoms with Crippen LogP contribution in [0.25, 0.3) is 0 Å². The molecule has 0 spiro atoms. The zero-order valence-corrected chi connectivity index (χ0v) is 19.0. The van der Waals surface area contributed by atoms with Gasteiger partial charge < -0.3 is 15.4 Å². The number of pyridine rings is 1. The van der Waals surface area contributed by atoms with Crippen molar-refractivity contribution >= 4 is 29.9 Å². The Morgan fingerprint density at radius 1 is 1.27 bits per heavy atom. The van der Waals surface area contributed by atoms with E-state index in [1.807, 2.05) is 18.2 Å². The molecule has 2 atom stereocenters. The van der Waals surface area contributed by atoms with Gasteiger partial charge in [-0.05, 0) is 46.8 Å². The molecule has 0 bridgehead atoms. The van der Waals surface area contributed by atoms with Gasteiger partial charge in [-0.1, -0.05) is 6.07 Å². The molecule has 1 aliphatic rings. The van der Waals surface area contributed by atoms with Crippen LogP contribution in [0.15, 0.2) is 29.4 Å². The van der Waals surface area contributed by atoms with E-state index >= 15 is 0 Å². The number of rotatable bonds is 6. The zero-order chi connectivity index (χ0) is 18.3. The highest BCUT2D eigenvalue weighted by Crippen LogP contribution is 2.20. The van der Waals surface area contributed by atoms with E-state index in [2.05, 4.69) is 60.1 Å². The summed E-state index contributed by atoms with van der Waals surface area (Å²) in [5, 5.41) is 6.80. The van der Waals surface area contributed by atoms with Crippen molar-refractivity contribution in [2.45, 2.75) is 58.9 Å². The maximum atomic E-state index is 5.86. The van der Waals surface area contributed by atoms with Gasteiger partial charge in [0.15, 0.2) is 5.96 Å². The minimum Gasteiger partial charge on any atom is -0.373 e. The van der Waals surface area contributed by atoms with Gasteiger partial charge in [0, 0.05) is 37.9 Å². The van der Waals surface area contributed by atoms with Crippen molar-refractivity contribution in [2.75, 3.05) is 26.2 Å². The minimum absolute atomic E-state index is 0. The third-order valence-corrected chi connectivity index (χ3v) is 4.43. The predicted molar refractivity (Wildman–Crippen MR) is 118 cm³/mol. The second kappa shape index (κ2) is 11.0. The fourth-order valence-corrected chi connectivity index (χ4v) is 3.08. The summed E-state index contributed by atoms with van der Waals surface area (Å²) in [5.41, 5.74) is 0.989. The Morgan fingerprint density at radius 3 is 2.54 bits per heavy atom. The summed E-state index contributed by atoms with van der Waals surface area (Å²) < 4.78 is 5.86. The van der Waals surface area contributed by atoms with E-state index < -0.39 is 0 Å². The second-order valence-corrected chi connectivity index (χ2v) is 7.34. The number of hydrogen-bond acceptors (Lipinski definition) is 4. The second-order valence-electron chi connectivity index (χ2n) is 7.34. The SMILES string of the molecule is CCNC(=NCc1ccccn1)NCC(C)(C)N1CC(C)OC(C)C1.I. The van der Waals surface area contributed by atoms with Gasteiger partial charge in [-0.25, -0.2) is 4.99 Å². The van der Waals surface area contributed by atoms with Gasteiger partial charge in [0.25, 0.3) is 0 Å². The lowest BCUT2D eigenvalue weighted by Gasteiger charge is -2.45. The number of nitrogens with zero attached hydrogens (tertiary/aromatic N) is 3. The van der Waals surface area contributed by atoms with Gasteiger partial charge in [-0.15, -0.1) is 24.0 Å². The van der Waals surface area contributed by atoms with Crippen LogP contribution in [0.5, 0.6) is 0 Å². The molecule has 1 aromatic heterocycles. The lowest BCUT2D eigenvalue weighted by molar-refractivity contribution is -0.0946. The van der Waals surface area contributed by atoms with Crippen LogP contribution in [-0.4, -0.2) is 59.8 Å². The van der Waals surface area contributed by atoms with E-state index in [1.54, 1.807) is 6.20 Å². The van der Waals surface area contributed by atoms with Crippen molar-refractivity contribution in [1.29, 1.82) is 0 Å². The molecule has 6 nitrogen and oxygen atoms in total. The summed E-state index contributed by atoms with van der Waals surface area (Å²) in [6.07, 6.45) is 2.35. The average molecular weight is 475 g/mol. The van der Waals surface area contributed by atoms with E-state index in [4.69, 9.17) is 4.74 Å². The highest BCUT2D eigenvalue weighted by molar-refractivity contribution is 14.0. The largest absolute Gasteiger partial charge is 0.373 e. The first-order valence-corrected chi connectivity index (χ1v) is 9.23. The van der Waals surface area contributed by atoms with Gasteiger partial charge in [0.1, 0.15) is 0 Å². The van der Waals surface area contributed by atoms with Crippen LogP contribution in [0.2, 0.25) is 0 Å². The van der Waals surface area contributed by atoms with Crippen LogP contribution >= 0.6 is 24.0 Å². The molecule has 2 rings (SSSR count). The summed E-state index contributed by atoms with van der Waals surface area (Å²) in [7, 11) is 0. The van der Waals surface area contributed by atoms with Crippen molar-refractivity contribution in [3.05, 3.63) is 30.1 Å². The number of halogens is 1. The Hall–Kier alpha value is -0.930.